The molecule has 0 bridgehead atoms. The molecule has 3 nitrogen and oxygen atoms in total. The van der Waals surface area contributed by atoms with Gasteiger partial charge in [0.1, 0.15) is 5.01 Å². The number of hydrogen-bond donors (Lipinski definition) is 1. The molecule has 1 aromatic rings. The molecule has 1 aliphatic carbocycles. The van der Waals surface area contributed by atoms with Crippen LogP contribution in [0.2, 0.25) is 0 Å². The van der Waals surface area contributed by atoms with Gasteiger partial charge in [0.2, 0.25) is 0 Å². The van der Waals surface area contributed by atoms with Crippen LogP contribution in [0.3, 0.4) is 0 Å². The van der Waals surface area contributed by atoms with Crippen LogP contribution in [0, 0.1) is 0 Å². The molecule has 4 heteroatoms. The predicted octanol–water partition coefficient (Wildman–Crippen LogP) is 3.02. The lowest BCUT2D eigenvalue weighted by Gasteiger charge is -2.19. The topological polar surface area (TPSA) is 28.2 Å². The molecule has 1 saturated carbocycles. The fourth-order valence-electron chi connectivity index (χ4n) is 1.99. The van der Waals surface area contributed by atoms with Crippen LogP contribution in [-0.2, 0) is 13.1 Å². The van der Waals surface area contributed by atoms with E-state index in [-0.39, 0.29) is 5.54 Å². The zero-order valence-electron chi connectivity index (χ0n) is 12.0. The summed E-state index contributed by atoms with van der Waals surface area (Å²) in [5.74, 6) is 0. The Balaban J connectivity index is 1.85. The van der Waals surface area contributed by atoms with Gasteiger partial charge in [0.05, 0.1) is 5.69 Å². The lowest BCUT2D eigenvalue weighted by Crippen LogP contribution is -2.35. The van der Waals surface area contributed by atoms with Crippen molar-refractivity contribution in [3.63, 3.8) is 0 Å². The van der Waals surface area contributed by atoms with Gasteiger partial charge in [0, 0.05) is 30.1 Å². The van der Waals surface area contributed by atoms with E-state index in [4.69, 9.17) is 4.98 Å². The van der Waals surface area contributed by atoms with Gasteiger partial charge in [-0.25, -0.2) is 4.98 Å². The molecule has 102 valence electrons. The third kappa shape index (κ3) is 4.34. The number of nitrogens with one attached hydrogen (secondary N) is 1. The highest BCUT2D eigenvalue weighted by molar-refractivity contribution is 7.09. The van der Waals surface area contributed by atoms with E-state index in [0.29, 0.717) is 0 Å². The average molecular weight is 267 g/mol. The van der Waals surface area contributed by atoms with Crippen LogP contribution >= 0.6 is 11.3 Å². The Hall–Kier alpha value is -0.450. The van der Waals surface area contributed by atoms with Crippen molar-refractivity contribution in [2.45, 2.75) is 65.2 Å². The minimum atomic E-state index is 0.162. The Bertz CT molecular complexity index is 377. The zero-order valence-corrected chi connectivity index (χ0v) is 12.8. The van der Waals surface area contributed by atoms with Crippen molar-refractivity contribution in [3.8, 4) is 0 Å². The molecule has 0 aromatic carbocycles. The van der Waals surface area contributed by atoms with E-state index >= 15 is 0 Å². The van der Waals surface area contributed by atoms with Gasteiger partial charge in [0.15, 0.2) is 0 Å². The van der Waals surface area contributed by atoms with Gasteiger partial charge >= 0.3 is 0 Å². The highest BCUT2D eigenvalue weighted by atomic mass is 32.1. The SMILES string of the molecule is CCN(Cc1csc(CNC(C)(C)C)n1)C1CC1. The minimum absolute atomic E-state index is 0.162. The van der Waals surface area contributed by atoms with Gasteiger partial charge in [-0.3, -0.25) is 4.90 Å². The number of nitrogens with zero attached hydrogens (tertiary/aromatic N) is 2. The fraction of sp³-hybridized carbons (Fsp3) is 0.786. The quantitative estimate of drug-likeness (QED) is 0.859. The molecular weight excluding hydrogens is 242 g/mol. The summed E-state index contributed by atoms with van der Waals surface area (Å²) in [6.07, 6.45) is 2.74. The van der Waals surface area contributed by atoms with Crippen LogP contribution in [0.5, 0.6) is 0 Å². The van der Waals surface area contributed by atoms with Crippen LogP contribution < -0.4 is 5.32 Å². The summed E-state index contributed by atoms with van der Waals surface area (Å²) < 4.78 is 0. The summed E-state index contributed by atoms with van der Waals surface area (Å²) in [5.41, 5.74) is 1.40. The first-order valence-corrected chi connectivity index (χ1v) is 7.78. The molecule has 1 aromatic heterocycles. The van der Waals surface area contributed by atoms with E-state index in [1.807, 2.05) is 0 Å². The van der Waals surface area contributed by atoms with Crippen molar-refractivity contribution < 1.29 is 0 Å². The van der Waals surface area contributed by atoms with E-state index in [0.717, 1.165) is 25.7 Å². The molecule has 2 rings (SSSR count). The largest absolute Gasteiger partial charge is 0.306 e. The van der Waals surface area contributed by atoms with Crippen molar-refractivity contribution in [1.82, 2.24) is 15.2 Å². The second-order valence-corrected chi connectivity index (χ2v) is 7.07. The summed E-state index contributed by atoms with van der Waals surface area (Å²) in [6.45, 7) is 11.8. The first-order valence-electron chi connectivity index (χ1n) is 6.90. The van der Waals surface area contributed by atoms with Crippen molar-refractivity contribution in [2.24, 2.45) is 0 Å². The van der Waals surface area contributed by atoms with E-state index in [9.17, 15) is 0 Å². The fourth-order valence-corrected chi connectivity index (χ4v) is 2.72. The van der Waals surface area contributed by atoms with Crippen molar-refractivity contribution in [3.05, 3.63) is 16.1 Å². The van der Waals surface area contributed by atoms with E-state index in [2.05, 4.69) is 43.3 Å². The van der Waals surface area contributed by atoms with Crippen LogP contribution in [0.1, 0.15) is 51.2 Å². The smallest absolute Gasteiger partial charge is 0.107 e. The Morgan fingerprint density at radius 1 is 1.44 bits per heavy atom. The number of rotatable bonds is 6. The normalized spacial score (nSPS) is 16.5. The van der Waals surface area contributed by atoms with Gasteiger partial charge in [-0.15, -0.1) is 11.3 Å². The Labute approximate surface area is 115 Å². The average Bonchev–Trinajstić information content (AvgIpc) is 3.03. The number of thiazole rings is 1. The van der Waals surface area contributed by atoms with Gasteiger partial charge in [-0.2, -0.15) is 0 Å². The predicted molar refractivity (Wildman–Crippen MR) is 77.8 cm³/mol. The lowest BCUT2D eigenvalue weighted by atomic mass is 10.1. The third-order valence-corrected chi connectivity index (χ3v) is 4.10. The molecule has 0 radical (unpaired) electrons. The molecular formula is C14H25N3S. The first kappa shape index (κ1) is 14.0. The maximum Gasteiger partial charge on any atom is 0.107 e. The standard InChI is InChI=1S/C14H25N3S/c1-5-17(12-6-7-12)9-11-10-18-13(16-11)8-15-14(2,3)4/h10,12,15H,5-9H2,1-4H3. The van der Waals surface area contributed by atoms with Gasteiger partial charge in [-0.05, 0) is 40.2 Å². The Morgan fingerprint density at radius 2 is 2.17 bits per heavy atom. The molecule has 1 heterocycles. The summed E-state index contributed by atoms with van der Waals surface area (Å²) in [7, 11) is 0. The maximum atomic E-state index is 4.73. The third-order valence-electron chi connectivity index (χ3n) is 3.20. The molecule has 0 spiro atoms. The van der Waals surface area contributed by atoms with Gasteiger partial charge in [-0.1, -0.05) is 6.92 Å². The summed E-state index contributed by atoms with van der Waals surface area (Å²) >= 11 is 1.77. The van der Waals surface area contributed by atoms with E-state index in [1.165, 1.54) is 23.5 Å². The van der Waals surface area contributed by atoms with Gasteiger partial charge in [0.25, 0.3) is 0 Å². The zero-order chi connectivity index (χ0) is 13.2. The van der Waals surface area contributed by atoms with Crippen molar-refractivity contribution >= 4 is 11.3 Å². The highest BCUT2D eigenvalue weighted by Crippen LogP contribution is 2.28. The second kappa shape index (κ2) is 5.68. The monoisotopic (exact) mass is 267 g/mol. The highest BCUT2D eigenvalue weighted by Gasteiger charge is 2.28. The molecule has 1 fully saturated rings. The van der Waals surface area contributed by atoms with E-state index in [1.54, 1.807) is 11.3 Å². The number of aromatic nitrogens is 1. The van der Waals surface area contributed by atoms with Crippen LogP contribution in [0.25, 0.3) is 0 Å². The first-order chi connectivity index (χ1) is 8.48. The van der Waals surface area contributed by atoms with Crippen LogP contribution in [0.4, 0.5) is 0 Å². The van der Waals surface area contributed by atoms with Crippen molar-refractivity contribution in [2.75, 3.05) is 6.54 Å². The summed E-state index contributed by atoms with van der Waals surface area (Å²) in [5, 5.41) is 6.90. The number of hydrogen-bond acceptors (Lipinski definition) is 4. The second-order valence-electron chi connectivity index (χ2n) is 6.13. The maximum absolute atomic E-state index is 4.73. The summed E-state index contributed by atoms with van der Waals surface area (Å²) in [4.78, 5) is 7.26. The molecule has 1 N–H and O–H groups in total. The van der Waals surface area contributed by atoms with Crippen molar-refractivity contribution in [1.29, 1.82) is 0 Å². The molecule has 0 atom stereocenters. The molecule has 18 heavy (non-hydrogen) atoms. The lowest BCUT2D eigenvalue weighted by molar-refractivity contribution is 0.266. The minimum Gasteiger partial charge on any atom is -0.306 e. The van der Waals surface area contributed by atoms with E-state index < -0.39 is 0 Å². The van der Waals surface area contributed by atoms with Crippen LogP contribution in [0.15, 0.2) is 5.38 Å². The molecule has 0 amide bonds. The molecule has 1 aliphatic rings. The Kier molecular flexibility index (Phi) is 4.41. The summed E-state index contributed by atoms with van der Waals surface area (Å²) in [6, 6.07) is 0.827. The molecule has 0 aliphatic heterocycles. The Morgan fingerprint density at radius 3 is 2.72 bits per heavy atom. The van der Waals surface area contributed by atoms with Crippen LogP contribution in [-0.4, -0.2) is 28.0 Å². The van der Waals surface area contributed by atoms with Gasteiger partial charge < -0.3 is 5.32 Å². The molecule has 0 saturated heterocycles. The molecule has 0 unspecified atom stereocenters.